The Bertz CT molecular complexity index is 589. The van der Waals surface area contributed by atoms with Crippen LogP contribution in [0.4, 0.5) is 17.6 Å². The molecule has 0 bridgehead atoms. The number of hydrogen-bond acceptors (Lipinski definition) is 5. The van der Waals surface area contributed by atoms with Crippen LogP contribution in [-0.2, 0) is 14.3 Å². The summed E-state index contributed by atoms with van der Waals surface area (Å²) >= 11 is 0. The molecule has 0 amide bonds. The smallest absolute Gasteiger partial charge is 0.345 e. The molecule has 0 saturated heterocycles. The Morgan fingerprint density at radius 3 is 1.95 bits per heavy atom. The number of esters is 2. The number of halogens is 4. The summed E-state index contributed by atoms with van der Waals surface area (Å²) in [4.78, 5) is 22.7. The zero-order chi connectivity index (χ0) is 16.9. The van der Waals surface area contributed by atoms with Crippen LogP contribution in [0.3, 0.4) is 0 Å². The molecule has 0 aliphatic carbocycles. The minimum absolute atomic E-state index is 0.0124. The molecule has 0 heterocycles. The molecule has 0 N–H and O–H groups in total. The third-order valence-corrected chi connectivity index (χ3v) is 2.34. The van der Waals surface area contributed by atoms with Gasteiger partial charge < -0.3 is 14.2 Å². The van der Waals surface area contributed by atoms with Gasteiger partial charge in [0, 0.05) is 0 Å². The molecule has 122 valence electrons. The van der Waals surface area contributed by atoms with Crippen LogP contribution in [0.1, 0.15) is 24.2 Å². The van der Waals surface area contributed by atoms with E-state index in [2.05, 4.69) is 14.2 Å². The van der Waals surface area contributed by atoms with Crippen molar-refractivity contribution in [3.63, 3.8) is 0 Å². The summed E-state index contributed by atoms with van der Waals surface area (Å²) in [5.41, 5.74) is -1.28. The Morgan fingerprint density at radius 1 is 0.864 bits per heavy atom. The molecule has 0 spiro atoms. The molecule has 1 aromatic rings. The number of rotatable bonds is 6. The van der Waals surface area contributed by atoms with Crippen molar-refractivity contribution in [2.45, 2.75) is 13.8 Å². The first kappa shape index (κ1) is 17.7. The van der Waals surface area contributed by atoms with Crippen molar-refractivity contribution in [3.05, 3.63) is 28.8 Å². The first-order chi connectivity index (χ1) is 10.3. The lowest BCUT2D eigenvalue weighted by Gasteiger charge is -2.13. The summed E-state index contributed by atoms with van der Waals surface area (Å²) in [7, 11) is 0. The lowest BCUT2D eigenvalue weighted by molar-refractivity contribution is -0.145. The molecule has 1 rings (SSSR count). The fourth-order valence-electron chi connectivity index (χ4n) is 1.47. The van der Waals surface area contributed by atoms with E-state index in [1.807, 2.05) is 0 Å². The lowest BCUT2D eigenvalue weighted by Crippen LogP contribution is -2.19. The maximum absolute atomic E-state index is 13.7. The van der Waals surface area contributed by atoms with Gasteiger partial charge in [-0.25, -0.2) is 22.8 Å². The zero-order valence-electron chi connectivity index (χ0n) is 11.7. The highest BCUT2D eigenvalue weighted by atomic mass is 19.2. The van der Waals surface area contributed by atoms with Crippen molar-refractivity contribution in [1.29, 1.82) is 0 Å². The van der Waals surface area contributed by atoms with Crippen molar-refractivity contribution >= 4 is 11.9 Å². The summed E-state index contributed by atoms with van der Waals surface area (Å²) in [6, 6.07) is 0. The molecule has 0 radical (unpaired) electrons. The molecule has 0 unspecified atom stereocenters. The van der Waals surface area contributed by atoms with Gasteiger partial charge in [-0.3, -0.25) is 0 Å². The van der Waals surface area contributed by atoms with E-state index in [0.29, 0.717) is 0 Å². The molecule has 0 aliphatic heterocycles. The van der Waals surface area contributed by atoms with Gasteiger partial charge in [0.2, 0.25) is 11.6 Å². The molecular formula is C13H12F4O5. The van der Waals surface area contributed by atoms with Gasteiger partial charge in [-0.15, -0.1) is 0 Å². The highest BCUT2D eigenvalue weighted by Crippen LogP contribution is 2.31. The summed E-state index contributed by atoms with van der Waals surface area (Å²) in [5.74, 6) is -12.0. The third-order valence-electron chi connectivity index (χ3n) is 2.34. The van der Waals surface area contributed by atoms with E-state index < -0.39 is 53.1 Å². The van der Waals surface area contributed by atoms with Crippen molar-refractivity contribution in [2.24, 2.45) is 0 Å². The molecule has 0 aromatic heterocycles. The lowest BCUT2D eigenvalue weighted by atomic mass is 10.1. The normalized spacial score (nSPS) is 10.3. The number of carbonyl (C=O) groups is 2. The van der Waals surface area contributed by atoms with E-state index in [9.17, 15) is 27.2 Å². The van der Waals surface area contributed by atoms with Gasteiger partial charge in [-0.05, 0) is 13.8 Å². The maximum atomic E-state index is 13.7. The van der Waals surface area contributed by atoms with Crippen LogP contribution in [0.15, 0.2) is 0 Å². The second kappa shape index (κ2) is 7.62. The summed E-state index contributed by atoms with van der Waals surface area (Å²) in [6.45, 7) is 1.68. The topological polar surface area (TPSA) is 61.8 Å². The fraction of sp³-hybridized carbons (Fsp3) is 0.385. The Morgan fingerprint density at radius 2 is 1.41 bits per heavy atom. The van der Waals surface area contributed by atoms with E-state index in [1.165, 1.54) is 13.8 Å². The van der Waals surface area contributed by atoms with Gasteiger partial charge >= 0.3 is 11.9 Å². The molecular weight excluding hydrogens is 312 g/mol. The highest BCUT2D eigenvalue weighted by molar-refractivity contribution is 5.93. The second-order valence-corrected chi connectivity index (χ2v) is 3.77. The van der Waals surface area contributed by atoms with Crippen LogP contribution < -0.4 is 4.74 Å². The predicted molar refractivity (Wildman–Crippen MR) is 64.4 cm³/mol. The molecule has 9 heteroatoms. The number of carbonyl (C=O) groups excluding carboxylic acids is 2. The predicted octanol–water partition coefficient (Wildman–Crippen LogP) is 2.36. The molecule has 1 aromatic carbocycles. The van der Waals surface area contributed by atoms with Gasteiger partial charge in [0.05, 0.1) is 13.2 Å². The zero-order valence-corrected chi connectivity index (χ0v) is 11.7. The first-order valence-corrected chi connectivity index (χ1v) is 6.16. The van der Waals surface area contributed by atoms with Crippen molar-refractivity contribution < 1.29 is 41.4 Å². The second-order valence-electron chi connectivity index (χ2n) is 3.77. The molecule has 22 heavy (non-hydrogen) atoms. The van der Waals surface area contributed by atoms with E-state index in [-0.39, 0.29) is 13.2 Å². The Kier molecular flexibility index (Phi) is 6.14. The SMILES string of the molecule is CCOC(=O)COc1c(F)c(F)c(F)c(F)c1C(=O)OCC. The number of benzene rings is 1. The van der Waals surface area contributed by atoms with E-state index in [1.54, 1.807) is 0 Å². The Labute approximate surface area is 122 Å². The average Bonchev–Trinajstić information content (AvgIpc) is 2.47. The van der Waals surface area contributed by atoms with Crippen LogP contribution >= 0.6 is 0 Å². The molecule has 0 fully saturated rings. The highest BCUT2D eigenvalue weighted by Gasteiger charge is 2.31. The van der Waals surface area contributed by atoms with Gasteiger partial charge in [0.25, 0.3) is 0 Å². The van der Waals surface area contributed by atoms with Gasteiger partial charge in [-0.2, -0.15) is 4.39 Å². The fourth-order valence-corrected chi connectivity index (χ4v) is 1.47. The molecule has 0 aliphatic rings. The van der Waals surface area contributed by atoms with Crippen LogP contribution in [0.25, 0.3) is 0 Å². The summed E-state index contributed by atoms with van der Waals surface area (Å²) in [5, 5.41) is 0. The van der Waals surface area contributed by atoms with E-state index in [4.69, 9.17) is 0 Å². The van der Waals surface area contributed by atoms with E-state index >= 15 is 0 Å². The molecule has 0 atom stereocenters. The standard InChI is InChI=1S/C13H12F4O5/c1-3-20-6(18)5-22-12-7(13(19)21-4-2)8(14)9(15)10(16)11(12)17/h3-5H2,1-2H3. The van der Waals surface area contributed by atoms with Gasteiger partial charge in [0.1, 0.15) is 5.56 Å². The summed E-state index contributed by atoms with van der Waals surface area (Å²) < 4.78 is 67.2. The molecule has 0 saturated carbocycles. The largest absolute Gasteiger partial charge is 0.478 e. The van der Waals surface area contributed by atoms with Crippen LogP contribution in [0.2, 0.25) is 0 Å². The van der Waals surface area contributed by atoms with Crippen molar-refractivity contribution in [3.8, 4) is 5.75 Å². The maximum Gasteiger partial charge on any atom is 0.345 e. The average molecular weight is 324 g/mol. The van der Waals surface area contributed by atoms with Crippen molar-refractivity contribution in [2.75, 3.05) is 19.8 Å². The molecule has 5 nitrogen and oxygen atoms in total. The summed E-state index contributed by atoms with van der Waals surface area (Å²) in [6.07, 6.45) is 0. The number of ether oxygens (including phenoxy) is 3. The van der Waals surface area contributed by atoms with Gasteiger partial charge in [0.15, 0.2) is 24.0 Å². The minimum Gasteiger partial charge on any atom is -0.478 e. The Balaban J connectivity index is 3.27. The van der Waals surface area contributed by atoms with Crippen LogP contribution in [-0.4, -0.2) is 31.8 Å². The van der Waals surface area contributed by atoms with Gasteiger partial charge in [-0.1, -0.05) is 0 Å². The van der Waals surface area contributed by atoms with Crippen molar-refractivity contribution in [1.82, 2.24) is 0 Å². The van der Waals surface area contributed by atoms with E-state index in [0.717, 1.165) is 0 Å². The monoisotopic (exact) mass is 324 g/mol. The third kappa shape index (κ3) is 3.66. The quantitative estimate of drug-likeness (QED) is 0.348. The Hall–Kier alpha value is -2.32. The number of hydrogen-bond donors (Lipinski definition) is 0. The first-order valence-electron chi connectivity index (χ1n) is 6.16. The van der Waals surface area contributed by atoms with Crippen LogP contribution in [0.5, 0.6) is 5.75 Å². The van der Waals surface area contributed by atoms with Crippen LogP contribution in [0, 0.1) is 23.3 Å². The minimum atomic E-state index is -2.19.